The Bertz CT molecular complexity index is 383. The molecule has 1 aliphatic rings. The quantitative estimate of drug-likeness (QED) is 0.858. The van der Waals surface area contributed by atoms with Crippen LogP contribution < -0.4 is 5.73 Å². The predicted molar refractivity (Wildman–Crippen MR) is 69.7 cm³/mol. The molecule has 1 saturated heterocycles. The highest BCUT2D eigenvalue weighted by Crippen LogP contribution is 2.20. The van der Waals surface area contributed by atoms with Gasteiger partial charge in [-0.25, -0.2) is 0 Å². The largest absolute Gasteiger partial charge is 0.330 e. The maximum absolute atomic E-state index is 5.78. The fourth-order valence-corrected chi connectivity index (χ4v) is 2.76. The van der Waals surface area contributed by atoms with E-state index >= 15 is 0 Å². The van der Waals surface area contributed by atoms with Gasteiger partial charge in [-0.15, -0.1) is 0 Å². The smallest absolute Gasteiger partial charge is 0.0641 e. The van der Waals surface area contributed by atoms with Gasteiger partial charge in [-0.05, 0) is 45.7 Å². The molecule has 0 bridgehead atoms. The Balaban J connectivity index is 2.05. The lowest BCUT2D eigenvalue weighted by Gasteiger charge is -2.32. The third-order valence-electron chi connectivity index (χ3n) is 3.98. The number of likely N-dealkylation sites (tertiary alicyclic amines) is 1. The Hall–Kier alpha value is -0.870. The van der Waals surface area contributed by atoms with Crippen molar-refractivity contribution in [3.63, 3.8) is 0 Å². The number of piperidine rings is 1. The molecule has 1 atom stereocenters. The molecule has 1 aromatic heterocycles. The summed E-state index contributed by atoms with van der Waals surface area (Å²) in [5.74, 6) is 0.682. The number of hydrogen-bond donors (Lipinski definition) is 1. The summed E-state index contributed by atoms with van der Waals surface area (Å²) in [7, 11) is 2.02. The van der Waals surface area contributed by atoms with E-state index in [1.807, 2.05) is 11.7 Å². The number of aryl methyl sites for hydroxylation is 2. The maximum atomic E-state index is 5.78. The van der Waals surface area contributed by atoms with Crippen molar-refractivity contribution in [3.05, 3.63) is 17.0 Å². The van der Waals surface area contributed by atoms with Gasteiger partial charge in [0, 0.05) is 31.4 Å². The average Bonchev–Trinajstić information content (AvgIpc) is 2.56. The van der Waals surface area contributed by atoms with Crippen LogP contribution in [0.1, 0.15) is 29.8 Å². The molecule has 0 aliphatic carbocycles. The zero-order valence-electron chi connectivity index (χ0n) is 11.2. The van der Waals surface area contributed by atoms with E-state index in [4.69, 9.17) is 5.73 Å². The molecule has 1 fully saturated rings. The van der Waals surface area contributed by atoms with E-state index in [1.165, 1.54) is 36.3 Å². The van der Waals surface area contributed by atoms with Gasteiger partial charge >= 0.3 is 0 Å². The average molecular weight is 236 g/mol. The molecule has 2 N–H and O–H groups in total. The fraction of sp³-hybridized carbons (Fsp3) is 0.769. The van der Waals surface area contributed by atoms with Crippen LogP contribution in [-0.4, -0.2) is 34.3 Å². The van der Waals surface area contributed by atoms with Crippen molar-refractivity contribution in [3.8, 4) is 0 Å². The summed E-state index contributed by atoms with van der Waals surface area (Å²) in [4.78, 5) is 2.53. The van der Waals surface area contributed by atoms with Crippen molar-refractivity contribution < 1.29 is 0 Å². The molecule has 4 nitrogen and oxygen atoms in total. The highest BCUT2D eigenvalue weighted by Gasteiger charge is 2.20. The number of nitrogens with zero attached hydrogens (tertiary/aromatic N) is 3. The van der Waals surface area contributed by atoms with Crippen LogP contribution >= 0.6 is 0 Å². The number of nitrogens with two attached hydrogens (primary N) is 1. The summed E-state index contributed by atoms with van der Waals surface area (Å²) in [5, 5.41) is 4.48. The van der Waals surface area contributed by atoms with Crippen molar-refractivity contribution in [2.45, 2.75) is 33.2 Å². The van der Waals surface area contributed by atoms with Gasteiger partial charge in [0.1, 0.15) is 0 Å². The lowest BCUT2D eigenvalue weighted by atomic mass is 9.97. The molecular weight excluding hydrogens is 212 g/mol. The third kappa shape index (κ3) is 2.69. The van der Waals surface area contributed by atoms with Gasteiger partial charge in [0.05, 0.1) is 5.69 Å². The Morgan fingerprint density at radius 1 is 1.41 bits per heavy atom. The van der Waals surface area contributed by atoms with Crippen LogP contribution in [0.2, 0.25) is 0 Å². The van der Waals surface area contributed by atoms with E-state index in [0.29, 0.717) is 5.92 Å². The van der Waals surface area contributed by atoms with E-state index in [1.54, 1.807) is 0 Å². The minimum Gasteiger partial charge on any atom is -0.330 e. The molecule has 4 heteroatoms. The van der Waals surface area contributed by atoms with Crippen LogP contribution in [0.15, 0.2) is 0 Å². The van der Waals surface area contributed by atoms with E-state index in [-0.39, 0.29) is 0 Å². The Morgan fingerprint density at radius 3 is 2.76 bits per heavy atom. The van der Waals surface area contributed by atoms with Gasteiger partial charge in [0.2, 0.25) is 0 Å². The van der Waals surface area contributed by atoms with Gasteiger partial charge < -0.3 is 5.73 Å². The van der Waals surface area contributed by atoms with Crippen LogP contribution in [0.3, 0.4) is 0 Å². The number of aromatic nitrogens is 2. The first-order chi connectivity index (χ1) is 8.11. The molecule has 17 heavy (non-hydrogen) atoms. The fourth-order valence-electron chi connectivity index (χ4n) is 2.76. The van der Waals surface area contributed by atoms with Crippen molar-refractivity contribution >= 4 is 0 Å². The molecule has 1 unspecified atom stereocenters. The minimum atomic E-state index is 0.682. The van der Waals surface area contributed by atoms with Gasteiger partial charge in [0.15, 0.2) is 0 Å². The van der Waals surface area contributed by atoms with Crippen LogP contribution in [0.4, 0.5) is 0 Å². The topological polar surface area (TPSA) is 47.1 Å². The molecule has 0 radical (unpaired) electrons. The van der Waals surface area contributed by atoms with Crippen LogP contribution in [0.25, 0.3) is 0 Å². The van der Waals surface area contributed by atoms with Crippen LogP contribution in [-0.2, 0) is 13.6 Å². The van der Waals surface area contributed by atoms with Crippen molar-refractivity contribution in [2.75, 3.05) is 19.6 Å². The Morgan fingerprint density at radius 2 is 2.18 bits per heavy atom. The van der Waals surface area contributed by atoms with Gasteiger partial charge in [-0.1, -0.05) is 0 Å². The normalized spacial score (nSPS) is 22.0. The van der Waals surface area contributed by atoms with E-state index in [2.05, 4.69) is 23.8 Å². The Labute approximate surface area is 104 Å². The first-order valence-corrected chi connectivity index (χ1v) is 6.53. The lowest BCUT2D eigenvalue weighted by Crippen LogP contribution is -2.38. The monoisotopic (exact) mass is 236 g/mol. The van der Waals surface area contributed by atoms with E-state index < -0.39 is 0 Å². The standard InChI is InChI=1S/C13H24N4/c1-10-13(11(2)16(3)15-10)9-17-6-4-5-12(7-14)8-17/h12H,4-9,14H2,1-3H3. The van der Waals surface area contributed by atoms with Crippen molar-refractivity contribution in [2.24, 2.45) is 18.7 Å². The molecule has 0 spiro atoms. The molecule has 1 aromatic rings. The predicted octanol–water partition coefficient (Wildman–Crippen LogP) is 1.21. The first kappa shape index (κ1) is 12.6. The Kier molecular flexibility index (Phi) is 3.84. The summed E-state index contributed by atoms with van der Waals surface area (Å²) < 4.78 is 1.98. The molecule has 1 aliphatic heterocycles. The second-order valence-corrected chi connectivity index (χ2v) is 5.25. The molecule has 0 amide bonds. The third-order valence-corrected chi connectivity index (χ3v) is 3.98. The summed E-state index contributed by atoms with van der Waals surface area (Å²) in [6, 6.07) is 0. The lowest BCUT2D eigenvalue weighted by molar-refractivity contribution is 0.170. The molecule has 0 aromatic carbocycles. The van der Waals surface area contributed by atoms with Crippen LogP contribution in [0.5, 0.6) is 0 Å². The van der Waals surface area contributed by atoms with Gasteiger partial charge in [-0.2, -0.15) is 5.10 Å². The maximum Gasteiger partial charge on any atom is 0.0641 e. The number of rotatable bonds is 3. The van der Waals surface area contributed by atoms with Gasteiger partial charge in [0.25, 0.3) is 0 Å². The van der Waals surface area contributed by atoms with Crippen LogP contribution in [0, 0.1) is 19.8 Å². The zero-order chi connectivity index (χ0) is 12.4. The van der Waals surface area contributed by atoms with Crippen molar-refractivity contribution in [1.82, 2.24) is 14.7 Å². The molecular formula is C13H24N4. The summed E-state index contributed by atoms with van der Waals surface area (Å²) in [6.45, 7) is 8.45. The second kappa shape index (κ2) is 5.19. The molecule has 2 heterocycles. The van der Waals surface area contributed by atoms with E-state index in [9.17, 15) is 0 Å². The first-order valence-electron chi connectivity index (χ1n) is 6.53. The highest BCUT2D eigenvalue weighted by atomic mass is 15.3. The summed E-state index contributed by atoms with van der Waals surface area (Å²) in [6.07, 6.45) is 2.57. The zero-order valence-corrected chi connectivity index (χ0v) is 11.2. The molecule has 96 valence electrons. The number of hydrogen-bond acceptors (Lipinski definition) is 3. The second-order valence-electron chi connectivity index (χ2n) is 5.25. The van der Waals surface area contributed by atoms with Gasteiger partial charge in [-0.3, -0.25) is 9.58 Å². The molecule has 0 saturated carbocycles. The van der Waals surface area contributed by atoms with E-state index in [0.717, 1.165) is 19.6 Å². The highest BCUT2D eigenvalue weighted by molar-refractivity contribution is 5.24. The summed E-state index contributed by atoms with van der Waals surface area (Å²) >= 11 is 0. The molecule has 2 rings (SSSR count). The summed E-state index contributed by atoms with van der Waals surface area (Å²) in [5.41, 5.74) is 9.63. The minimum absolute atomic E-state index is 0.682. The van der Waals surface area contributed by atoms with Crippen molar-refractivity contribution in [1.29, 1.82) is 0 Å². The SMILES string of the molecule is Cc1nn(C)c(C)c1CN1CCCC(CN)C1.